The second kappa shape index (κ2) is 12.9. The molecule has 0 radical (unpaired) electrons. The van der Waals surface area contributed by atoms with Crippen LogP contribution in [0.1, 0.15) is 0 Å². The van der Waals surface area contributed by atoms with Crippen LogP contribution < -0.4 is 0 Å². The van der Waals surface area contributed by atoms with Crippen LogP contribution in [-0.4, -0.2) is 0 Å². The van der Waals surface area contributed by atoms with Gasteiger partial charge in [-0.25, -0.2) is 0 Å². The number of fused-ring (bicyclic) bond motifs is 1. The smallest absolute Gasteiger partial charge is 0.00203 e. The van der Waals surface area contributed by atoms with E-state index in [0.29, 0.717) is 0 Å². The first-order valence-corrected chi connectivity index (χ1v) is 20.9. The van der Waals surface area contributed by atoms with Gasteiger partial charge in [0.15, 0.2) is 0 Å². The molecule has 0 aliphatic rings. The van der Waals surface area contributed by atoms with Crippen LogP contribution in [-0.2, 0) is 0 Å². The van der Waals surface area contributed by atoms with Crippen LogP contribution in [0.15, 0.2) is 218 Å². The fourth-order valence-electron chi connectivity index (χ4n) is 10.3. The van der Waals surface area contributed by atoms with E-state index in [1.807, 2.05) is 0 Å². The Bertz CT molecular complexity index is 3770. The summed E-state index contributed by atoms with van der Waals surface area (Å²) in [4.78, 5) is 0. The van der Waals surface area contributed by atoms with Crippen LogP contribution >= 0.6 is 0 Å². The summed E-state index contributed by atoms with van der Waals surface area (Å²) in [7, 11) is 0. The van der Waals surface area contributed by atoms with Gasteiger partial charge in [0.2, 0.25) is 0 Å². The minimum absolute atomic E-state index is 1.21. The minimum atomic E-state index is 1.21. The molecule has 0 heteroatoms. The molecule has 13 rings (SSSR count). The second-order valence-corrected chi connectivity index (χ2v) is 16.4. The van der Waals surface area contributed by atoms with Crippen LogP contribution in [0.4, 0.5) is 0 Å². The average molecular weight is 757 g/mol. The average Bonchev–Trinajstić information content (AvgIpc) is 3.32. The fraction of sp³-hybridized carbons (Fsp3) is 0. The maximum Gasteiger partial charge on any atom is -0.00203 e. The zero-order valence-corrected chi connectivity index (χ0v) is 32.8. The van der Waals surface area contributed by atoms with Gasteiger partial charge in [-0.3, -0.25) is 0 Å². The van der Waals surface area contributed by atoms with Crippen molar-refractivity contribution >= 4 is 75.4 Å². The summed E-state index contributed by atoms with van der Waals surface area (Å²) in [5.74, 6) is 0. The zero-order chi connectivity index (χ0) is 39.3. The Balaban J connectivity index is 0.838. The summed E-state index contributed by atoms with van der Waals surface area (Å²) < 4.78 is 0. The van der Waals surface area contributed by atoms with Gasteiger partial charge in [-0.05, 0) is 137 Å². The van der Waals surface area contributed by atoms with Crippen LogP contribution in [0.3, 0.4) is 0 Å². The molecule has 0 bridgehead atoms. The van der Waals surface area contributed by atoms with E-state index in [1.54, 1.807) is 0 Å². The molecule has 0 amide bonds. The molecule has 0 aliphatic carbocycles. The van der Waals surface area contributed by atoms with E-state index < -0.39 is 0 Å². The molecule has 60 heavy (non-hydrogen) atoms. The van der Waals surface area contributed by atoms with Crippen molar-refractivity contribution in [2.75, 3.05) is 0 Å². The lowest BCUT2D eigenvalue weighted by molar-refractivity contribution is 1.58. The van der Waals surface area contributed by atoms with E-state index in [9.17, 15) is 0 Å². The summed E-state index contributed by atoms with van der Waals surface area (Å²) in [6.45, 7) is 0. The Kier molecular flexibility index (Phi) is 7.11. The summed E-state index contributed by atoms with van der Waals surface area (Å²) in [6.07, 6.45) is 0. The molecular formula is C60H36. The third-order valence-electron chi connectivity index (χ3n) is 13.2. The zero-order valence-electron chi connectivity index (χ0n) is 32.8. The normalized spacial score (nSPS) is 12.0. The van der Waals surface area contributed by atoms with Crippen molar-refractivity contribution in [1.82, 2.24) is 0 Å². The predicted octanol–water partition coefficient (Wildman–Crippen LogP) is 17.0. The van der Waals surface area contributed by atoms with E-state index in [-0.39, 0.29) is 0 Å². The molecule has 0 aliphatic heterocycles. The lowest BCUT2D eigenvalue weighted by atomic mass is 9.86. The first-order valence-electron chi connectivity index (χ1n) is 20.9. The van der Waals surface area contributed by atoms with Crippen molar-refractivity contribution in [3.05, 3.63) is 218 Å². The van der Waals surface area contributed by atoms with E-state index in [2.05, 4.69) is 218 Å². The Hall–Kier alpha value is -7.80. The van der Waals surface area contributed by atoms with Gasteiger partial charge in [-0.2, -0.15) is 0 Å². The maximum atomic E-state index is 2.33. The SMILES string of the molecule is c1cc(-c2ccc(-c3ccc4ccc5cccc6ccc3c4c56)cc2)cc(-c2ccc(-c3ccc4ccc5c(-c6cccc7ccccc67)ccc6ccc3c4c65)cc2)c1. The summed E-state index contributed by atoms with van der Waals surface area (Å²) >= 11 is 0. The number of benzene rings is 13. The van der Waals surface area contributed by atoms with Gasteiger partial charge in [0, 0.05) is 0 Å². The third-order valence-corrected chi connectivity index (χ3v) is 13.2. The minimum Gasteiger partial charge on any atom is -0.0616 e. The number of rotatable bonds is 5. The summed E-state index contributed by atoms with van der Waals surface area (Å²) in [5, 5.41) is 18.3. The molecule has 0 unspecified atom stereocenters. The number of hydrogen-bond acceptors (Lipinski definition) is 0. The van der Waals surface area contributed by atoms with Gasteiger partial charge in [0.1, 0.15) is 0 Å². The van der Waals surface area contributed by atoms with Gasteiger partial charge in [-0.15, -0.1) is 0 Å². The largest absolute Gasteiger partial charge is 0.0616 e. The van der Waals surface area contributed by atoms with Crippen molar-refractivity contribution in [3.8, 4) is 55.6 Å². The molecule has 276 valence electrons. The lowest BCUT2D eigenvalue weighted by Crippen LogP contribution is -1.90. The van der Waals surface area contributed by atoms with Crippen molar-refractivity contribution < 1.29 is 0 Å². The van der Waals surface area contributed by atoms with Gasteiger partial charge in [0.05, 0.1) is 0 Å². The number of hydrogen-bond donors (Lipinski definition) is 0. The topological polar surface area (TPSA) is 0 Å². The van der Waals surface area contributed by atoms with Crippen molar-refractivity contribution in [3.63, 3.8) is 0 Å². The van der Waals surface area contributed by atoms with Crippen LogP contribution in [0.25, 0.3) is 131 Å². The summed E-state index contributed by atoms with van der Waals surface area (Å²) in [5.41, 5.74) is 12.4. The standard InChI is InChI=1S/C60H36/c1-2-12-49-39(6-1)7-5-13-52(49)53-32-26-46-28-34-55-51(31-25-45-29-35-56(53)60(46)59(45)55)41-20-16-38(17-21-41)48-11-4-10-47(36-48)37-14-18-40(19-15-37)50-30-24-44-23-22-42-8-3-9-43-27-33-54(50)58(44)57(42)43/h1-36H. The Labute approximate surface area is 347 Å². The molecule has 0 nitrogen and oxygen atoms in total. The second-order valence-electron chi connectivity index (χ2n) is 16.4. The van der Waals surface area contributed by atoms with Crippen LogP contribution in [0, 0.1) is 0 Å². The third kappa shape index (κ3) is 4.98. The Morgan fingerprint density at radius 1 is 0.167 bits per heavy atom. The maximum absolute atomic E-state index is 2.33. The molecular weight excluding hydrogens is 721 g/mol. The molecule has 13 aromatic rings. The fourth-order valence-corrected chi connectivity index (χ4v) is 10.3. The van der Waals surface area contributed by atoms with E-state index in [4.69, 9.17) is 0 Å². The molecule has 0 saturated carbocycles. The Morgan fingerprint density at radius 3 is 1.12 bits per heavy atom. The van der Waals surface area contributed by atoms with Gasteiger partial charge < -0.3 is 0 Å². The highest BCUT2D eigenvalue weighted by Crippen LogP contribution is 2.44. The molecule has 0 fully saturated rings. The molecule has 0 spiro atoms. The first kappa shape index (κ1) is 33.2. The highest BCUT2D eigenvalue weighted by Gasteiger charge is 2.17. The van der Waals surface area contributed by atoms with Crippen molar-refractivity contribution in [1.29, 1.82) is 0 Å². The lowest BCUT2D eigenvalue weighted by Gasteiger charge is -2.17. The molecule has 0 N–H and O–H groups in total. The van der Waals surface area contributed by atoms with Crippen molar-refractivity contribution in [2.45, 2.75) is 0 Å². The Morgan fingerprint density at radius 2 is 0.533 bits per heavy atom. The van der Waals surface area contributed by atoms with Gasteiger partial charge >= 0.3 is 0 Å². The van der Waals surface area contributed by atoms with Crippen molar-refractivity contribution in [2.24, 2.45) is 0 Å². The molecule has 0 aromatic heterocycles. The molecule has 0 heterocycles. The quantitative estimate of drug-likeness (QED) is 0.153. The van der Waals surface area contributed by atoms with E-state index in [1.165, 1.54) is 131 Å². The monoisotopic (exact) mass is 756 g/mol. The molecule has 0 saturated heterocycles. The van der Waals surface area contributed by atoms with E-state index >= 15 is 0 Å². The predicted molar refractivity (Wildman–Crippen MR) is 259 cm³/mol. The van der Waals surface area contributed by atoms with Crippen LogP contribution in [0.2, 0.25) is 0 Å². The molecule has 0 atom stereocenters. The highest BCUT2D eigenvalue weighted by molar-refractivity contribution is 6.28. The highest BCUT2D eigenvalue weighted by atomic mass is 14.2. The van der Waals surface area contributed by atoms with Gasteiger partial charge in [-0.1, -0.05) is 212 Å². The first-order chi connectivity index (χ1) is 29.7. The summed E-state index contributed by atoms with van der Waals surface area (Å²) in [6, 6.07) is 81.3. The van der Waals surface area contributed by atoms with Gasteiger partial charge in [0.25, 0.3) is 0 Å². The van der Waals surface area contributed by atoms with Crippen LogP contribution in [0.5, 0.6) is 0 Å². The van der Waals surface area contributed by atoms with E-state index in [0.717, 1.165) is 0 Å². The molecule has 13 aromatic carbocycles.